The summed E-state index contributed by atoms with van der Waals surface area (Å²) in [7, 11) is -22.2. The molecule has 6 unspecified atom stereocenters. The second-order valence-corrected chi connectivity index (χ2v) is 21.9. The predicted molar refractivity (Wildman–Crippen MR) is 228 cm³/mol. The number of amides is 2. The van der Waals surface area contributed by atoms with Gasteiger partial charge in [0.2, 0.25) is 24.5 Å². The lowest BCUT2D eigenvalue weighted by molar-refractivity contribution is -0.498. The number of aliphatic imine (C=N–C) groups is 5. The maximum Gasteiger partial charge on any atom is 0.490 e. The molecule has 3 fully saturated rings. The summed E-state index contributed by atoms with van der Waals surface area (Å²) in [5.74, 6) is -2.87. The van der Waals surface area contributed by atoms with Crippen molar-refractivity contribution in [3.63, 3.8) is 0 Å². The van der Waals surface area contributed by atoms with Gasteiger partial charge in [0.25, 0.3) is 17.8 Å². The van der Waals surface area contributed by atoms with Gasteiger partial charge in [0.15, 0.2) is 24.3 Å². The number of aliphatic hydroxyl groups excluding tert-OH is 5. The third-order valence-corrected chi connectivity index (χ3v) is 16.2. The number of likely N-dealkylation sites (N-methyl/N-ethyl adjacent to an activating group) is 1. The molecule has 42 heteroatoms. The van der Waals surface area contributed by atoms with Crippen LogP contribution in [0.5, 0.6) is 0 Å². The number of rotatable bonds is 18. The van der Waals surface area contributed by atoms with E-state index in [4.69, 9.17) is 40.5 Å². The highest BCUT2D eigenvalue weighted by atomic mass is 31.3. The number of ether oxygens (including phenoxy) is 3. The summed E-state index contributed by atoms with van der Waals surface area (Å²) in [6, 6.07) is -1.27. The van der Waals surface area contributed by atoms with Crippen LogP contribution >= 0.6 is 31.3 Å². The number of aromatic nitrogens is 2. The summed E-state index contributed by atoms with van der Waals surface area (Å²) >= 11 is 0. The molecule has 7 aliphatic heterocycles. The molecule has 0 saturated carbocycles. The Morgan fingerprint density at radius 1 is 0.653 bits per heavy atom. The van der Waals surface area contributed by atoms with E-state index in [1.54, 1.807) is 0 Å². The van der Waals surface area contributed by atoms with Crippen LogP contribution in [0.3, 0.4) is 0 Å². The largest absolute Gasteiger partial charge is 0.490 e. The maximum atomic E-state index is 13.4. The number of nitrogens with zero attached hydrogens (tertiary/aromatic N) is 10. The molecule has 1 aromatic heterocycles. The molecule has 0 radical (unpaired) electrons. The lowest BCUT2D eigenvalue weighted by Crippen LogP contribution is -2.49. The number of aliphatic hydroxyl groups is 5. The van der Waals surface area contributed by atoms with E-state index >= 15 is 0 Å². The van der Waals surface area contributed by atoms with E-state index in [1.807, 2.05) is 0 Å². The van der Waals surface area contributed by atoms with Crippen molar-refractivity contribution in [2.24, 2.45) is 36.4 Å². The van der Waals surface area contributed by atoms with Crippen molar-refractivity contribution >= 4 is 85.2 Å². The van der Waals surface area contributed by atoms with E-state index < -0.39 is 166 Å². The normalized spacial score (nSPS) is 36.7. The first kappa shape index (κ1) is 53.7. The van der Waals surface area contributed by atoms with Gasteiger partial charge in [-0.3, -0.25) is 42.1 Å². The Hall–Kier alpha value is -4.56. The molecule has 3 saturated heterocycles. The minimum absolute atomic E-state index is 0.0645. The third kappa shape index (κ3) is 11.1. The highest BCUT2D eigenvalue weighted by molar-refractivity contribution is 7.66. The predicted octanol–water partition coefficient (Wildman–Crippen LogP) is -7.58. The van der Waals surface area contributed by atoms with E-state index in [2.05, 4.69) is 47.6 Å². The molecule has 8 heterocycles. The number of amidine groups is 2. The molecule has 396 valence electrons. The van der Waals surface area contributed by atoms with Crippen molar-refractivity contribution in [2.75, 3.05) is 32.6 Å². The van der Waals surface area contributed by atoms with Crippen LogP contribution in [0.15, 0.2) is 42.0 Å². The molecule has 0 bridgehead atoms. The molecule has 18 atom stereocenters. The molecular formula is C30H42N13O25P4+. The van der Waals surface area contributed by atoms with Crippen LogP contribution < -0.4 is 22.9 Å². The monoisotopic (exact) mass is 1110 g/mol. The van der Waals surface area contributed by atoms with E-state index in [1.165, 1.54) is 18.0 Å². The highest BCUT2D eigenvalue weighted by Crippen LogP contribution is 2.68. The number of hydrogen-bond acceptors (Lipinski definition) is 30. The fourth-order valence-electron chi connectivity index (χ4n) is 7.81. The average Bonchev–Trinajstić information content (AvgIpc) is 4.05. The van der Waals surface area contributed by atoms with Gasteiger partial charge in [0.1, 0.15) is 60.8 Å². The van der Waals surface area contributed by atoms with Gasteiger partial charge >= 0.3 is 42.9 Å². The van der Waals surface area contributed by atoms with E-state index in [-0.39, 0.29) is 17.5 Å². The molecule has 15 N–H and O–H groups in total. The smallest absolute Gasteiger partial charge is 0.387 e. The van der Waals surface area contributed by atoms with Crippen molar-refractivity contribution in [1.82, 2.24) is 19.4 Å². The fourth-order valence-corrected chi connectivity index (χ4v) is 12.3. The summed E-state index contributed by atoms with van der Waals surface area (Å²) in [5.41, 5.74) is 15.5. The summed E-state index contributed by atoms with van der Waals surface area (Å²) in [6.45, 7) is -3.65. The van der Waals surface area contributed by atoms with Crippen LogP contribution in [0.1, 0.15) is 6.23 Å². The molecule has 1 aromatic rings. The quantitative estimate of drug-likeness (QED) is 0.0480. The zero-order valence-corrected chi connectivity index (χ0v) is 39.6. The van der Waals surface area contributed by atoms with Crippen LogP contribution in [0.25, 0.3) is 0 Å². The standard InChI is InChI=1S/C30H41N13O25P4/c1-40-8-43(22-14(40)24(50)39-29(33)37-22)26-18(47)16(45)10(64-26)5-61-70(54,55)67-72(58,59)68-71(56,57)62-6-11-20(19(48)27(65-11)41-3-2-12(31)35-30(41)51)66-69(52,53)60-4-9-15(44)17(46)25(63-9)42-7-34-13-21(42)36-28(32)38-23(13)49/h2-3,7-11,13-20,25-27,44-48H,4-6H2,1H3,(H9-,31,32,33,35,38,39,49,50,51,52,53,54,55,56,57,58,59)/p+1/t9-,10-,11-,13?,14?,15-,16-,17-,18-,19-,20-,25-,26-,27-/m1/s1. The van der Waals surface area contributed by atoms with Gasteiger partial charge in [0.05, 0.1) is 33.2 Å². The molecule has 0 spiro atoms. The summed E-state index contributed by atoms with van der Waals surface area (Å²) in [6.07, 6.45) is -18.9. The molecule has 8 rings (SSSR count). The first-order valence-corrected chi connectivity index (χ1v) is 26.2. The van der Waals surface area contributed by atoms with Crippen molar-refractivity contribution in [1.29, 1.82) is 0 Å². The average molecular weight is 1110 g/mol. The van der Waals surface area contributed by atoms with Gasteiger partial charge < -0.3 is 76.5 Å². The number of carbonyl (C=O) groups excluding carboxylic acids is 2. The van der Waals surface area contributed by atoms with E-state index in [0.29, 0.717) is 4.57 Å². The number of nitrogen functional groups attached to an aromatic ring is 1. The Labute approximate surface area is 400 Å². The Morgan fingerprint density at radius 2 is 1.17 bits per heavy atom. The van der Waals surface area contributed by atoms with Gasteiger partial charge in [-0.2, -0.15) is 38.5 Å². The van der Waals surface area contributed by atoms with Crippen molar-refractivity contribution in [3.8, 4) is 0 Å². The number of phosphoric acid groups is 4. The zero-order chi connectivity index (χ0) is 52.6. The highest BCUT2D eigenvalue weighted by Gasteiger charge is 2.57. The molecule has 2 amide bonds. The van der Waals surface area contributed by atoms with Crippen LogP contribution in [-0.4, -0.2) is 223 Å². The van der Waals surface area contributed by atoms with Gasteiger partial charge in [-0.05, 0) is 6.07 Å². The van der Waals surface area contributed by atoms with Crippen LogP contribution in [0.4, 0.5) is 5.82 Å². The minimum Gasteiger partial charge on any atom is -0.387 e. The number of anilines is 1. The number of nitrogens with two attached hydrogens (primary N) is 3. The van der Waals surface area contributed by atoms with Crippen LogP contribution in [-0.2, 0) is 68.8 Å². The van der Waals surface area contributed by atoms with Crippen molar-refractivity contribution in [3.05, 3.63) is 22.7 Å². The topological polar surface area (TPSA) is 552 Å². The van der Waals surface area contributed by atoms with Gasteiger partial charge in [-0.15, -0.1) is 0 Å². The Morgan fingerprint density at radius 3 is 1.75 bits per heavy atom. The number of guanidine groups is 2. The maximum absolute atomic E-state index is 13.4. The minimum atomic E-state index is -6.24. The Balaban J connectivity index is 0.885. The molecule has 0 aromatic carbocycles. The first-order valence-electron chi connectivity index (χ1n) is 20.2. The Bertz CT molecular complexity index is 2830. The second-order valence-electron chi connectivity index (χ2n) is 15.9. The SMILES string of the molecule is C[N+]1=CN([C@@H]2O[C@H](COP(=O)(O)OP(=O)(O)OP(=O)(O)OC[C@H]3O[C@@H](n4ccc(N)nc4=O)[C@H](O)[C@@H]3OP(=O)(O)OC[C@H]3O[C@@H](N4C=NC5C(=O)N=C(N)N=C54)[C@H](O)[C@@H]3O)[C@@H](O)[C@H]2O)C2=NC(N)=NC(=O)C21. The molecule has 0 aliphatic carbocycles. The van der Waals surface area contributed by atoms with Crippen LogP contribution in [0.2, 0.25) is 0 Å². The molecule has 7 aliphatic rings. The number of carbonyl (C=O) groups is 2. The molecule has 38 nitrogen and oxygen atoms in total. The van der Waals surface area contributed by atoms with Crippen molar-refractivity contribution < 1.29 is 118 Å². The lowest BCUT2D eigenvalue weighted by Gasteiger charge is -2.27. The Kier molecular flexibility index (Phi) is 14.9. The van der Waals surface area contributed by atoms with Crippen molar-refractivity contribution in [2.45, 2.75) is 85.7 Å². The van der Waals surface area contributed by atoms with Gasteiger partial charge in [0, 0.05) is 6.20 Å². The number of fused-ring (bicyclic) bond motifs is 2. The number of hydrogen-bond donors (Lipinski definition) is 12. The molecule has 72 heavy (non-hydrogen) atoms. The summed E-state index contributed by atoms with van der Waals surface area (Å²) < 4.78 is 98.1. The fraction of sp³-hybridized carbons (Fsp3) is 0.600. The third-order valence-electron chi connectivity index (χ3n) is 11.0. The first-order chi connectivity index (χ1) is 33.5. The van der Waals surface area contributed by atoms with E-state index in [9.17, 15) is 77.8 Å². The molecular weight excluding hydrogens is 1070 g/mol. The number of phosphoric ester groups is 3. The van der Waals surface area contributed by atoms with Gasteiger partial charge in [-0.25, -0.2) is 27.6 Å². The van der Waals surface area contributed by atoms with E-state index in [0.717, 1.165) is 28.4 Å². The van der Waals surface area contributed by atoms with Gasteiger partial charge in [-0.1, -0.05) is 0 Å². The summed E-state index contributed by atoms with van der Waals surface area (Å²) in [5, 5.41) is 54.1. The lowest BCUT2D eigenvalue weighted by atomic mass is 10.1. The second kappa shape index (κ2) is 19.9. The zero-order valence-electron chi connectivity index (χ0n) is 36.1. The summed E-state index contributed by atoms with van der Waals surface area (Å²) in [4.78, 5) is 103. The van der Waals surface area contributed by atoms with Crippen LogP contribution in [0, 0.1) is 0 Å².